The van der Waals surface area contributed by atoms with Gasteiger partial charge < -0.3 is 0 Å². The van der Waals surface area contributed by atoms with Crippen molar-refractivity contribution in [1.82, 2.24) is 0 Å². The Hall–Kier alpha value is 0.430. The van der Waals surface area contributed by atoms with Crippen LogP contribution < -0.4 is 5.30 Å². The van der Waals surface area contributed by atoms with Crippen molar-refractivity contribution >= 4 is 24.3 Å². The summed E-state index contributed by atoms with van der Waals surface area (Å²) in [6, 6.07) is 11.0. The number of benzene rings is 1. The van der Waals surface area contributed by atoms with Gasteiger partial charge in [-0.05, 0) is 0 Å². The quantitative estimate of drug-likeness (QED) is 0.0922. The van der Waals surface area contributed by atoms with Gasteiger partial charge in [0.1, 0.15) is 0 Å². The summed E-state index contributed by atoms with van der Waals surface area (Å²) >= 11 is 0. The van der Waals surface area contributed by atoms with E-state index < -0.39 is 19.0 Å². The predicted octanol–water partition coefficient (Wildman–Crippen LogP) is 13.0. The van der Waals surface area contributed by atoms with Crippen LogP contribution in [0.3, 0.4) is 0 Å². The van der Waals surface area contributed by atoms with Crippen molar-refractivity contribution in [2.45, 2.75) is 158 Å². The van der Waals surface area contributed by atoms with Crippen molar-refractivity contribution in [2.24, 2.45) is 0 Å². The second-order valence-corrected chi connectivity index (χ2v) is 40.6. The molecule has 1 aromatic carbocycles. The first-order valence-corrected chi connectivity index (χ1v) is 28.6. The second kappa shape index (κ2) is 18.7. The zero-order valence-corrected chi connectivity index (χ0v) is 33.3. The molecule has 1 rings (SSSR count). The van der Waals surface area contributed by atoms with E-state index in [1.54, 1.807) is 0 Å². The Balaban J connectivity index is 4.86. The molecule has 0 aliphatic heterocycles. The fourth-order valence-corrected chi connectivity index (χ4v) is 68.1. The molecular weight excluding hydrogens is 581 g/mol. The van der Waals surface area contributed by atoms with Crippen molar-refractivity contribution in [3.63, 3.8) is 0 Å². The van der Waals surface area contributed by atoms with E-state index in [1.807, 2.05) is 0 Å². The van der Waals surface area contributed by atoms with Gasteiger partial charge in [0, 0.05) is 0 Å². The normalized spacial score (nSPS) is 15.7. The average Bonchev–Trinajstić information content (AvgIpc) is 3.04. The van der Waals surface area contributed by atoms with E-state index in [0.29, 0.717) is 0 Å². The van der Waals surface area contributed by atoms with Gasteiger partial charge in [0.2, 0.25) is 0 Å². The van der Waals surface area contributed by atoms with Gasteiger partial charge in [-0.25, -0.2) is 0 Å². The minimum absolute atomic E-state index is 1.04. The van der Waals surface area contributed by atoms with Crippen molar-refractivity contribution in [1.29, 1.82) is 0 Å². The third kappa shape index (κ3) is 7.46. The van der Waals surface area contributed by atoms with Crippen molar-refractivity contribution in [2.75, 3.05) is 49.3 Å². The first-order valence-electron chi connectivity index (χ1n) is 19.1. The summed E-state index contributed by atoms with van der Waals surface area (Å²) in [7, 11) is 0. The van der Waals surface area contributed by atoms with Crippen LogP contribution in [-0.2, 0) is 0 Å². The van der Waals surface area contributed by atoms with Gasteiger partial charge in [-0.1, -0.05) is 0 Å². The topological polar surface area (TPSA) is 40.5 Å². The van der Waals surface area contributed by atoms with Crippen molar-refractivity contribution in [3.8, 4) is 0 Å². The minimum atomic E-state index is -4.58. The number of rotatable bonds is 27. The summed E-state index contributed by atoms with van der Waals surface area (Å²) in [6.45, 7) is 18.8. The summed E-state index contributed by atoms with van der Waals surface area (Å²) in [4.78, 5) is 30.6. The summed E-state index contributed by atoms with van der Waals surface area (Å²) in [5.74, 6) is 0. The molecule has 0 fully saturated rings. The Labute approximate surface area is 271 Å². The molecule has 258 valence electrons. The summed E-state index contributed by atoms with van der Waals surface area (Å²) in [5, 5.41) is 1.04. The fourth-order valence-electron chi connectivity index (χ4n) is 9.39. The van der Waals surface area contributed by atoms with Crippen LogP contribution in [0.5, 0.6) is 0 Å². The van der Waals surface area contributed by atoms with Gasteiger partial charge in [-0.3, -0.25) is 0 Å². The molecule has 0 atom stereocenters. The molecule has 0 saturated heterocycles. The molecule has 0 spiro atoms. The molecule has 43 heavy (non-hydrogen) atoms. The Bertz CT molecular complexity index is 747. The molecule has 2 N–H and O–H groups in total. The van der Waals surface area contributed by atoms with E-state index in [4.69, 9.17) is 0 Å². The van der Waals surface area contributed by atoms with E-state index in [0.717, 1.165) is 157 Å². The third-order valence-corrected chi connectivity index (χ3v) is 56.9. The molecule has 0 unspecified atom stereocenters. The van der Waals surface area contributed by atoms with E-state index >= 15 is 9.79 Å². The maximum absolute atomic E-state index is 15.3. The Morgan fingerprint density at radius 3 is 0.767 bits per heavy atom. The number of unbranched alkanes of at least 4 members (excludes halogenated alkanes) is 8. The SMILES string of the molecule is CCCCP(CCCC)(CCCC)(CCCC)P(O)(O)(c1ccccc1)P(CCCC)(CCCC)(CCCC)CCCC. The van der Waals surface area contributed by atoms with E-state index in [9.17, 15) is 0 Å². The van der Waals surface area contributed by atoms with Gasteiger partial charge in [0.15, 0.2) is 0 Å². The zero-order valence-electron chi connectivity index (χ0n) is 30.6. The summed E-state index contributed by atoms with van der Waals surface area (Å²) in [5.41, 5.74) is 0. The van der Waals surface area contributed by atoms with Crippen LogP contribution in [-0.4, -0.2) is 59.1 Å². The van der Waals surface area contributed by atoms with Crippen molar-refractivity contribution in [3.05, 3.63) is 30.3 Å². The second-order valence-electron chi connectivity index (χ2n) is 14.7. The van der Waals surface area contributed by atoms with E-state index in [1.165, 1.54) is 0 Å². The van der Waals surface area contributed by atoms with Crippen LogP contribution in [0.15, 0.2) is 30.3 Å². The standard InChI is InChI=1S/C38H79O2P3/c1-9-17-30-41(31-18-10-2,32-19-11-3,33-20-12-4)43(39,40,38-28-26-25-27-29-38)42(34-21-13-5,35-22-14-6,36-23-15-7)37-24-16-8/h25-29,39-40H,9-24,30-37H2,1-8H3. The third-order valence-electron chi connectivity index (χ3n) is 12.0. The molecule has 0 aromatic heterocycles. The van der Waals surface area contributed by atoms with Crippen LogP contribution in [0.2, 0.25) is 0 Å². The first-order chi connectivity index (χ1) is 20.6. The molecule has 0 heterocycles. The molecule has 0 saturated carbocycles. The Morgan fingerprint density at radius 1 is 0.372 bits per heavy atom. The van der Waals surface area contributed by atoms with Crippen LogP contribution in [0, 0.1) is 0 Å². The summed E-state index contributed by atoms with van der Waals surface area (Å²) in [6.07, 6.45) is 16.2. The molecule has 0 radical (unpaired) electrons. The summed E-state index contributed by atoms with van der Waals surface area (Å²) < 4.78 is 0. The van der Waals surface area contributed by atoms with Gasteiger partial charge in [-0.15, -0.1) is 0 Å². The monoisotopic (exact) mass is 661 g/mol. The molecule has 0 aliphatic rings. The molecule has 0 bridgehead atoms. The molecule has 1 aromatic rings. The zero-order chi connectivity index (χ0) is 32.4. The first kappa shape index (κ1) is 41.5. The average molecular weight is 661 g/mol. The fraction of sp³-hybridized carbons (Fsp3) is 0.842. The maximum atomic E-state index is 15.3. The van der Waals surface area contributed by atoms with Gasteiger partial charge in [0.05, 0.1) is 0 Å². The van der Waals surface area contributed by atoms with Crippen LogP contribution >= 0.6 is 19.0 Å². The van der Waals surface area contributed by atoms with Gasteiger partial charge in [0.25, 0.3) is 0 Å². The molecular formula is C38H79O2P3. The molecule has 0 amide bonds. The van der Waals surface area contributed by atoms with Crippen molar-refractivity contribution < 1.29 is 9.79 Å². The van der Waals surface area contributed by atoms with Crippen LogP contribution in [0.25, 0.3) is 0 Å². The van der Waals surface area contributed by atoms with Gasteiger partial charge >= 0.3 is 272 Å². The predicted molar refractivity (Wildman–Crippen MR) is 209 cm³/mol. The number of hydrogen-bond acceptors (Lipinski definition) is 2. The van der Waals surface area contributed by atoms with Crippen LogP contribution in [0.1, 0.15) is 158 Å². The van der Waals surface area contributed by atoms with E-state index in [-0.39, 0.29) is 0 Å². The van der Waals surface area contributed by atoms with Gasteiger partial charge in [-0.2, -0.15) is 0 Å². The Morgan fingerprint density at radius 2 is 0.581 bits per heavy atom. The number of hydrogen-bond donors (Lipinski definition) is 2. The van der Waals surface area contributed by atoms with E-state index in [2.05, 4.69) is 85.7 Å². The molecule has 0 aliphatic carbocycles. The van der Waals surface area contributed by atoms with Crippen LogP contribution in [0.4, 0.5) is 0 Å². The molecule has 2 nitrogen and oxygen atoms in total. The molecule has 5 heteroatoms. The Kier molecular flexibility index (Phi) is 18.0.